The molecule has 0 aromatic heterocycles. The highest BCUT2D eigenvalue weighted by atomic mass is 16.5. The summed E-state index contributed by atoms with van der Waals surface area (Å²) < 4.78 is 10.5. The van der Waals surface area contributed by atoms with Crippen LogP contribution in [0.2, 0.25) is 0 Å². The monoisotopic (exact) mass is 362 g/mol. The van der Waals surface area contributed by atoms with Crippen molar-refractivity contribution in [1.29, 1.82) is 0 Å². The molecule has 0 aliphatic heterocycles. The van der Waals surface area contributed by atoms with E-state index >= 15 is 0 Å². The number of rotatable bonds is 7. The Morgan fingerprint density at radius 2 is 1.81 bits per heavy atom. The van der Waals surface area contributed by atoms with Crippen molar-refractivity contribution in [3.63, 3.8) is 0 Å². The van der Waals surface area contributed by atoms with Crippen LogP contribution in [0.25, 0.3) is 0 Å². The Morgan fingerprint density at radius 3 is 2.46 bits per heavy atom. The lowest BCUT2D eigenvalue weighted by atomic mass is 9.89. The maximum atomic E-state index is 11.9. The van der Waals surface area contributed by atoms with E-state index in [4.69, 9.17) is 14.6 Å². The van der Waals surface area contributed by atoms with E-state index in [0.717, 1.165) is 6.42 Å². The predicted octanol–water partition coefficient (Wildman–Crippen LogP) is 2.72. The highest BCUT2D eigenvalue weighted by Crippen LogP contribution is 2.21. The number of methoxy groups -OCH3 is 1. The number of allylic oxidation sites excluding steroid dienone is 1. The first-order valence-electron chi connectivity index (χ1n) is 8.71. The number of hydrogen-bond acceptors (Lipinski definition) is 4. The smallest absolute Gasteiger partial charge is 0.407 e. The molecule has 0 heterocycles. The number of nitrogens with one attached hydrogen (secondary N) is 2. The third-order valence-corrected chi connectivity index (χ3v) is 4.32. The molecule has 1 fully saturated rings. The van der Waals surface area contributed by atoms with Crippen LogP contribution >= 0.6 is 0 Å². The number of alkyl carbamates (subject to hydrolysis) is 1. The fraction of sp³-hybridized carbons (Fsp3) is 0.474. The van der Waals surface area contributed by atoms with Crippen molar-refractivity contribution in [2.75, 3.05) is 13.7 Å². The Morgan fingerprint density at radius 1 is 1.12 bits per heavy atom. The van der Waals surface area contributed by atoms with E-state index < -0.39 is 12.2 Å². The first-order chi connectivity index (χ1) is 12.6. The van der Waals surface area contributed by atoms with Gasteiger partial charge in [-0.2, -0.15) is 0 Å². The second kappa shape index (κ2) is 10.5. The minimum Gasteiger partial charge on any atom is -0.465 e. The summed E-state index contributed by atoms with van der Waals surface area (Å²) in [4.78, 5) is 22.7. The van der Waals surface area contributed by atoms with Gasteiger partial charge in [-0.3, -0.25) is 0 Å². The summed E-state index contributed by atoms with van der Waals surface area (Å²) in [5.74, 6) is 0. The summed E-state index contributed by atoms with van der Waals surface area (Å²) in [6.45, 7) is 0.190. The van der Waals surface area contributed by atoms with Crippen LogP contribution in [0.4, 0.5) is 9.59 Å². The van der Waals surface area contributed by atoms with Gasteiger partial charge in [-0.05, 0) is 31.2 Å². The molecule has 26 heavy (non-hydrogen) atoms. The normalized spacial score (nSPS) is 22.7. The van der Waals surface area contributed by atoms with Crippen LogP contribution in [-0.2, 0) is 15.9 Å². The van der Waals surface area contributed by atoms with Gasteiger partial charge in [0.1, 0.15) is 6.61 Å². The molecule has 0 bridgehead atoms. The maximum Gasteiger partial charge on any atom is 0.407 e. The van der Waals surface area contributed by atoms with Crippen LogP contribution in [0.15, 0.2) is 42.5 Å². The van der Waals surface area contributed by atoms with Gasteiger partial charge in [-0.25, -0.2) is 9.59 Å². The lowest BCUT2D eigenvalue weighted by Crippen LogP contribution is -2.49. The van der Waals surface area contributed by atoms with Gasteiger partial charge in [0, 0.05) is 19.2 Å². The molecule has 7 nitrogen and oxygen atoms in total. The Balaban J connectivity index is 1.71. The third-order valence-electron chi connectivity index (χ3n) is 4.32. The van der Waals surface area contributed by atoms with Gasteiger partial charge in [0.2, 0.25) is 0 Å². The Hall–Kier alpha value is -2.54. The second-order valence-corrected chi connectivity index (χ2v) is 6.31. The van der Waals surface area contributed by atoms with E-state index in [0.29, 0.717) is 19.3 Å². The molecule has 1 aliphatic carbocycles. The summed E-state index contributed by atoms with van der Waals surface area (Å²) in [7, 11) is 1.58. The molecule has 0 unspecified atom stereocenters. The zero-order valence-corrected chi connectivity index (χ0v) is 14.9. The molecule has 0 saturated heterocycles. The molecule has 0 radical (unpaired) electrons. The SMILES string of the molecule is CO[C@H]1C[C@@H](NC(=O)O)C[C@@H](NC(=O)OCC=CCc2ccccc2)C1. The van der Waals surface area contributed by atoms with Crippen molar-refractivity contribution in [2.24, 2.45) is 0 Å². The lowest BCUT2D eigenvalue weighted by Gasteiger charge is -2.34. The van der Waals surface area contributed by atoms with E-state index in [1.807, 2.05) is 36.4 Å². The van der Waals surface area contributed by atoms with E-state index in [1.165, 1.54) is 5.56 Å². The van der Waals surface area contributed by atoms with Crippen LogP contribution < -0.4 is 10.6 Å². The minimum absolute atomic E-state index is 0.100. The van der Waals surface area contributed by atoms with Gasteiger partial charge in [0.05, 0.1) is 6.10 Å². The fourth-order valence-corrected chi connectivity index (χ4v) is 3.10. The number of carbonyl (C=O) groups excluding carboxylic acids is 1. The van der Waals surface area contributed by atoms with E-state index in [1.54, 1.807) is 13.2 Å². The average Bonchev–Trinajstić information content (AvgIpc) is 2.61. The van der Waals surface area contributed by atoms with Crippen LogP contribution in [-0.4, -0.2) is 49.2 Å². The summed E-state index contributed by atoms with van der Waals surface area (Å²) in [6.07, 6.45) is 4.61. The van der Waals surface area contributed by atoms with Crippen LogP contribution in [0, 0.1) is 0 Å². The lowest BCUT2D eigenvalue weighted by molar-refractivity contribution is 0.0454. The third kappa shape index (κ3) is 7.14. The molecule has 3 N–H and O–H groups in total. The van der Waals surface area contributed by atoms with Crippen molar-refractivity contribution in [2.45, 2.75) is 43.9 Å². The van der Waals surface area contributed by atoms with E-state index in [-0.39, 0.29) is 24.8 Å². The molecular formula is C19H26N2O5. The van der Waals surface area contributed by atoms with Crippen molar-refractivity contribution in [3.05, 3.63) is 48.0 Å². The Kier molecular flexibility index (Phi) is 7.95. The first-order valence-corrected chi connectivity index (χ1v) is 8.71. The minimum atomic E-state index is -1.07. The number of ether oxygens (including phenoxy) is 2. The molecule has 1 aromatic rings. The number of benzene rings is 1. The maximum absolute atomic E-state index is 11.9. The zero-order chi connectivity index (χ0) is 18.8. The highest BCUT2D eigenvalue weighted by molar-refractivity contribution is 5.68. The molecule has 142 valence electrons. The molecule has 0 spiro atoms. The topological polar surface area (TPSA) is 96.9 Å². The van der Waals surface area contributed by atoms with Gasteiger partial charge in [-0.15, -0.1) is 0 Å². The molecule has 2 amide bonds. The quantitative estimate of drug-likeness (QED) is 0.648. The number of amides is 2. The Bertz CT molecular complexity index is 605. The molecule has 7 heteroatoms. The fourth-order valence-electron chi connectivity index (χ4n) is 3.10. The van der Waals surface area contributed by atoms with Gasteiger partial charge in [0.25, 0.3) is 0 Å². The van der Waals surface area contributed by atoms with Gasteiger partial charge in [-0.1, -0.05) is 42.5 Å². The van der Waals surface area contributed by atoms with Crippen LogP contribution in [0.1, 0.15) is 24.8 Å². The molecule has 3 atom stereocenters. The van der Waals surface area contributed by atoms with Gasteiger partial charge in [0.15, 0.2) is 0 Å². The second-order valence-electron chi connectivity index (χ2n) is 6.31. The van der Waals surface area contributed by atoms with Crippen LogP contribution in [0.3, 0.4) is 0 Å². The van der Waals surface area contributed by atoms with Crippen molar-refractivity contribution in [3.8, 4) is 0 Å². The van der Waals surface area contributed by atoms with E-state index in [9.17, 15) is 9.59 Å². The van der Waals surface area contributed by atoms with Gasteiger partial charge >= 0.3 is 12.2 Å². The summed E-state index contributed by atoms with van der Waals surface area (Å²) in [6, 6.07) is 9.57. The van der Waals surface area contributed by atoms with E-state index in [2.05, 4.69) is 10.6 Å². The summed E-state index contributed by atoms with van der Waals surface area (Å²) in [5, 5.41) is 14.1. The summed E-state index contributed by atoms with van der Waals surface area (Å²) >= 11 is 0. The highest BCUT2D eigenvalue weighted by Gasteiger charge is 2.31. The first kappa shape index (κ1) is 19.8. The molecule has 1 saturated carbocycles. The number of hydrogen-bond donors (Lipinski definition) is 3. The molecular weight excluding hydrogens is 336 g/mol. The average molecular weight is 362 g/mol. The summed E-state index contributed by atoms with van der Waals surface area (Å²) in [5.41, 5.74) is 1.19. The molecule has 2 rings (SSSR count). The van der Waals surface area contributed by atoms with Gasteiger partial charge < -0.3 is 25.2 Å². The van der Waals surface area contributed by atoms with Crippen molar-refractivity contribution >= 4 is 12.2 Å². The van der Waals surface area contributed by atoms with Crippen molar-refractivity contribution < 1.29 is 24.2 Å². The molecule has 1 aliphatic rings. The predicted molar refractivity (Wildman–Crippen MR) is 97.2 cm³/mol. The van der Waals surface area contributed by atoms with Crippen LogP contribution in [0.5, 0.6) is 0 Å². The number of carboxylic acid groups (broad SMARTS) is 1. The zero-order valence-electron chi connectivity index (χ0n) is 14.9. The molecule has 1 aromatic carbocycles. The largest absolute Gasteiger partial charge is 0.465 e. The number of carbonyl (C=O) groups is 2. The Labute approximate surface area is 153 Å². The van der Waals surface area contributed by atoms with Crippen molar-refractivity contribution in [1.82, 2.24) is 10.6 Å². The standard InChI is InChI=1S/C19H26N2O5/c1-25-17-12-15(20-18(22)23)11-16(13-17)21-19(24)26-10-6-5-9-14-7-3-2-4-8-14/h2-8,15-17,20H,9-13H2,1H3,(H,21,24)(H,22,23)/t15-,16+,17-/m0/s1.